The number of benzene rings is 3. The number of carbonyl (C=O) groups excluding carboxylic acids is 1. The average molecular weight is 443 g/mol. The van der Waals surface area contributed by atoms with Gasteiger partial charge < -0.3 is 14.8 Å². The maximum absolute atomic E-state index is 12.6. The molecule has 0 aliphatic carbocycles. The van der Waals surface area contributed by atoms with Crippen LogP contribution in [-0.2, 0) is 14.8 Å². The first kappa shape index (κ1) is 22.4. The molecule has 8 heteroatoms. The Hall–Kier alpha value is -3.26. The minimum atomic E-state index is -3.68. The van der Waals surface area contributed by atoms with E-state index in [1.165, 1.54) is 7.11 Å². The molecule has 0 heterocycles. The first-order chi connectivity index (χ1) is 14.8. The lowest BCUT2D eigenvalue weighted by Gasteiger charge is -2.28. The smallest absolute Gasteiger partial charge is 0.243 e. The fourth-order valence-corrected chi connectivity index (χ4v) is 4.46. The number of hydrogen-bond acceptors (Lipinski definition) is 5. The van der Waals surface area contributed by atoms with E-state index in [9.17, 15) is 13.2 Å². The van der Waals surface area contributed by atoms with Gasteiger partial charge in [-0.2, -0.15) is 0 Å². The normalized spacial score (nSPS) is 12.2. The summed E-state index contributed by atoms with van der Waals surface area (Å²) in [5.41, 5.74) is 0.387. The van der Waals surface area contributed by atoms with Crippen molar-refractivity contribution in [1.29, 1.82) is 0 Å². The number of anilines is 1. The first-order valence-electron chi connectivity index (χ1n) is 9.82. The van der Waals surface area contributed by atoms with Crippen molar-refractivity contribution < 1.29 is 22.7 Å². The van der Waals surface area contributed by atoms with Crippen molar-refractivity contribution in [1.82, 2.24) is 5.32 Å². The van der Waals surface area contributed by atoms with E-state index in [2.05, 4.69) is 5.32 Å². The van der Waals surface area contributed by atoms with Crippen LogP contribution in [0.5, 0.6) is 11.5 Å². The Morgan fingerprint density at radius 1 is 1.00 bits per heavy atom. The summed E-state index contributed by atoms with van der Waals surface area (Å²) in [6.45, 7) is 2.05. The lowest BCUT2D eigenvalue weighted by molar-refractivity contribution is -0.121. The summed E-state index contributed by atoms with van der Waals surface area (Å²) in [7, 11) is -2.15. The Morgan fingerprint density at radius 2 is 1.65 bits per heavy atom. The van der Waals surface area contributed by atoms with Crippen molar-refractivity contribution in [3.63, 3.8) is 0 Å². The zero-order chi connectivity index (χ0) is 22.4. The standard InChI is InChI=1S/C23H26N2O5S/c1-17(25(31(3,27)28)20-9-12-21(29-2)13-10-20)23(26)24-14-15-30-22-11-8-18-6-4-5-7-19(18)16-22/h4-13,16-17H,14-15H2,1-3H3,(H,24,26)/t17-/m1/s1. The van der Waals surface area contributed by atoms with Gasteiger partial charge in [-0.1, -0.05) is 30.3 Å². The van der Waals surface area contributed by atoms with Crippen LogP contribution in [0.2, 0.25) is 0 Å². The van der Waals surface area contributed by atoms with E-state index >= 15 is 0 Å². The van der Waals surface area contributed by atoms with Gasteiger partial charge in [0.15, 0.2) is 0 Å². The van der Waals surface area contributed by atoms with Gasteiger partial charge in [0, 0.05) is 0 Å². The van der Waals surface area contributed by atoms with E-state index in [1.807, 2.05) is 42.5 Å². The molecule has 0 aromatic heterocycles. The van der Waals surface area contributed by atoms with Crippen LogP contribution in [0.3, 0.4) is 0 Å². The lowest BCUT2D eigenvalue weighted by atomic mass is 10.1. The number of nitrogens with zero attached hydrogens (tertiary/aromatic N) is 1. The summed E-state index contributed by atoms with van der Waals surface area (Å²) >= 11 is 0. The Balaban J connectivity index is 1.59. The highest BCUT2D eigenvalue weighted by molar-refractivity contribution is 7.92. The van der Waals surface area contributed by atoms with Crippen LogP contribution in [0.1, 0.15) is 6.92 Å². The van der Waals surface area contributed by atoms with Gasteiger partial charge >= 0.3 is 0 Å². The summed E-state index contributed by atoms with van der Waals surface area (Å²) < 4.78 is 36.6. The molecule has 3 aromatic carbocycles. The number of nitrogens with one attached hydrogen (secondary N) is 1. The molecule has 3 aromatic rings. The zero-order valence-electron chi connectivity index (χ0n) is 17.7. The predicted octanol–water partition coefficient (Wildman–Crippen LogP) is 3.20. The molecule has 0 aliphatic rings. The van der Waals surface area contributed by atoms with E-state index in [4.69, 9.17) is 9.47 Å². The molecule has 0 spiro atoms. The number of methoxy groups -OCH3 is 1. The largest absolute Gasteiger partial charge is 0.497 e. The van der Waals surface area contributed by atoms with Crippen LogP contribution < -0.4 is 19.1 Å². The van der Waals surface area contributed by atoms with Crippen LogP contribution in [0, 0.1) is 0 Å². The molecular formula is C23H26N2O5S. The Labute approximate surface area is 182 Å². The monoisotopic (exact) mass is 442 g/mol. The molecule has 1 atom stereocenters. The van der Waals surface area contributed by atoms with Gasteiger partial charge in [-0.3, -0.25) is 9.10 Å². The molecule has 0 unspecified atom stereocenters. The number of fused-ring (bicyclic) bond motifs is 1. The van der Waals surface area contributed by atoms with Gasteiger partial charge in [-0.15, -0.1) is 0 Å². The predicted molar refractivity (Wildman–Crippen MR) is 122 cm³/mol. The molecule has 0 bridgehead atoms. The minimum Gasteiger partial charge on any atom is -0.497 e. The summed E-state index contributed by atoms with van der Waals surface area (Å²) in [5, 5.41) is 4.93. The second-order valence-electron chi connectivity index (χ2n) is 7.08. The highest BCUT2D eigenvalue weighted by atomic mass is 32.2. The lowest BCUT2D eigenvalue weighted by Crippen LogP contribution is -2.48. The molecule has 3 rings (SSSR count). The molecule has 0 radical (unpaired) electrons. The van der Waals surface area contributed by atoms with E-state index in [0.29, 0.717) is 17.2 Å². The van der Waals surface area contributed by atoms with Crippen molar-refractivity contribution in [3.05, 3.63) is 66.7 Å². The summed E-state index contributed by atoms with van der Waals surface area (Å²) in [6, 6.07) is 19.3. The maximum Gasteiger partial charge on any atom is 0.243 e. The molecule has 1 N–H and O–H groups in total. The van der Waals surface area contributed by atoms with Crippen molar-refractivity contribution in [2.75, 3.05) is 30.8 Å². The number of amides is 1. The number of rotatable bonds is 9. The van der Waals surface area contributed by atoms with Crippen LogP contribution in [-0.4, -0.2) is 46.9 Å². The average Bonchev–Trinajstić information content (AvgIpc) is 2.76. The quantitative estimate of drug-likeness (QED) is 0.515. The van der Waals surface area contributed by atoms with Gasteiger partial charge in [0.2, 0.25) is 15.9 Å². The fourth-order valence-electron chi connectivity index (χ4n) is 3.29. The highest BCUT2D eigenvalue weighted by Gasteiger charge is 2.28. The van der Waals surface area contributed by atoms with Crippen molar-refractivity contribution in [3.8, 4) is 11.5 Å². The van der Waals surface area contributed by atoms with Gasteiger partial charge in [0.1, 0.15) is 24.1 Å². The third-order valence-corrected chi connectivity index (χ3v) is 6.05. The minimum absolute atomic E-state index is 0.246. The number of sulfonamides is 1. The van der Waals surface area contributed by atoms with Crippen molar-refractivity contribution in [2.45, 2.75) is 13.0 Å². The Bertz CT molecular complexity index is 1150. The second-order valence-corrected chi connectivity index (χ2v) is 8.94. The Kier molecular flexibility index (Phi) is 7.02. The molecule has 31 heavy (non-hydrogen) atoms. The zero-order valence-corrected chi connectivity index (χ0v) is 18.6. The summed E-state index contributed by atoms with van der Waals surface area (Å²) in [6.07, 6.45) is 1.07. The molecule has 1 amide bonds. The first-order valence-corrected chi connectivity index (χ1v) is 11.7. The van der Waals surface area contributed by atoms with E-state index in [-0.39, 0.29) is 13.2 Å². The molecule has 7 nitrogen and oxygen atoms in total. The molecular weight excluding hydrogens is 416 g/mol. The van der Waals surface area contributed by atoms with Gasteiger partial charge in [0.05, 0.1) is 25.6 Å². The number of ether oxygens (including phenoxy) is 2. The van der Waals surface area contributed by atoms with Gasteiger partial charge in [-0.05, 0) is 54.1 Å². The number of hydrogen-bond donors (Lipinski definition) is 1. The fraction of sp³-hybridized carbons (Fsp3) is 0.261. The van der Waals surface area contributed by atoms with Crippen molar-refractivity contribution >= 4 is 32.4 Å². The Morgan fingerprint density at radius 3 is 2.29 bits per heavy atom. The molecule has 0 aliphatic heterocycles. The SMILES string of the molecule is COc1ccc(N([C@H](C)C(=O)NCCOc2ccc3ccccc3c2)S(C)(=O)=O)cc1. The molecule has 0 saturated heterocycles. The van der Waals surface area contributed by atoms with Crippen molar-refractivity contribution in [2.24, 2.45) is 0 Å². The summed E-state index contributed by atoms with van der Waals surface area (Å²) in [4.78, 5) is 12.6. The van der Waals surface area contributed by atoms with Gasteiger partial charge in [0.25, 0.3) is 0 Å². The van der Waals surface area contributed by atoms with E-state index in [1.54, 1.807) is 31.2 Å². The number of carbonyl (C=O) groups is 1. The van der Waals surface area contributed by atoms with Crippen LogP contribution in [0.15, 0.2) is 66.7 Å². The van der Waals surface area contributed by atoms with Crippen LogP contribution >= 0.6 is 0 Å². The summed E-state index contributed by atoms with van der Waals surface area (Å²) in [5.74, 6) is 0.889. The van der Waals surface area contributed by atoms with Crippen LogP contribution in [0.25, 0.3) is 10.8 Å². The third kappa shape index (κ3) is 5.67. The molecule has 0 fully saturated rings. The van der Waals surface area contributed by atoms with Gasteiger partial charge in [-0.25, -0.2) is 8.42 Å². The van der Waals surface area contributed by atoms with E-state index < -0.39 is 22.0 Å². The molecule has 0 saturated carbocycles. The highest BCUT2D eigenvalue weighted by Crippen LogP contribution is 2.24. The maximum atomic E-state index is 12.6. The van der Waals surface area contributed by atoms with E-state index in [0.717, 1.165) is 21.3 Å². The topological polar surface area (TPSA) is 84.9 Å². The molecule has 164 valence electrons. The second kappa shape index (κ2) is 9.70. The van der Waals surface area contributed by atoms with Crippen LogP contribution in [0.4, 0.5) is 5.69 Å². The third-order valence-electron chi connectivity index (χ3n) is 4.81.